The highest BCUT2D eigenvalue weighted by atomic mass is 19.4. The Kier molecular flexibility index (Phi) is 8.90. The second kappa shape index (κ2) is 12.2. The monoisotopic (exact) mass is 560 g/mol. The summed E-state index contributed by atoms with van der Waals surface area (Å²) in [5.41, 5.74) is 1.65. The van der Waals surface area contributed by atoms with E-state index in [4.69, 9.17) is 0 Å². The van der Waals surface area contributed by atoms with Crippen molar-refractivity contribution in [2.75, 3.05) is 30.4 Å². The molecule has 0 saturated carbocycles. The van der Waals surface area contributed by atoms with E-state index in [1.807, 2.05) is 26.0 Å². The molecule has 2 aromatic rings. The van der Waals surface area contributed by atoms with Crippen LogP contribution in [0.25, 0.3) is 0 Å². The van der Waals surface area contributed by atoms with Crippen molar-refractivity contribution in [2.45, 2.75) is 63.8 Å². The number of benzene rings is 2. The summed E-state index contributed by atoms with van der Waals surface area (Å²) in [6.07, 6.45) is -2.11. The maximum atomic E-state index is 13.2. The van der Waals surface area contributed by atoms with Crippen molar-refractivity contribution in [1.82, 2.24) is 10.2 Å². The molecule has 3 atom stereocenters. The number of anilines is 2. The topological polar surface area (TPSA) is 91.0 Å². The predicted octanol–water partition coefficient (Wildman–Crippen LogP) is 5.36. The molecule has 3 amide bonds. The Hall–Kier alpha value is -3.76. The van der Waals surface area contributed by atoms with Crippen molar-refractivity contribution >= 4 is 29.3 Å². The first-order valence-corrected chi connectivity index (χ1v) is 13.5. The average molecular weight is 561 g/mol. The fourth-order valence-corrected chi connectivity index (χ4v) is 5.46. The molecule has 2 aliphatic heterocycles. The molecule has 4 rings (SSSR count). The van der Waals surface area contributed by atoms with Crippen LogP contribution in [-0.2, 0) is 20.5 Å². The highest BCUT2D eigenvalue weighted by molar-refractivity contribution is 5.98. The Balaban J connectivity index is 1.41. The second-order valence-electron chi connectivity index (χ2n) is 10.6. The minimum atomic E-state index is -4.37. The van der Waals surface area contributed by atoms with Crippen LogP contribution in [0.1, 0.15) is 56.7 Å². The van der Waals surface area contributed by atoms with Gasteiger partial charge in [0.05, 0.1) is 18.7 Å². The number of hydrogen-bond acceptors (Lipinski definition) is 5. The molecule has 0 radical (unpaired) electrons. The summed E-state index contributed by atoms with van der Waals surface area (Å²) in [5, 5.41) is 5.48. The average Bonchev–Trinajstić information content (AvgIpc) is 3.61. The maximum absolute atomic E-state index is 13.2. The van der Waals surface area contributed by atoms with Gasteiger partial charge in [-0.2, -0.15) is 13.2 Å². The number of halogens is 3. The number of rotatable bonds is 7. The summed E-state index contributed by atoms with van der Waals surface area (Å²) in [5.74, 6) is -0.814. The Bertz CT molecular complexity index is 1200. The lowest BCUT2D eigenvalue weighted by Crippen LogP contribution is -2.54. The quantitative estimate of drug-likeness (QED) is 0.476. The van der Waals surface area contributed by atoms with Crippen LogP contribution in [0.5, 0.6) is 0 Å². The number of nitrogens with zero attached hydrogens (tertiary/aromatic N) is 2. The largest absolute Gasteiger partial charge is 0.453 e. The van der Waals surface area contributed by atoms with E-state index in [0.29, 0.717) is 25.1 Å². The van der Waals surface area contributed by atoms with E-state index in [1.165, 1.54) is 24.1 Å². The SMILES string of the molecule is COC(=O)N[C@H](C(=O)N1CCC[C@H]1C(=O)Nc1ccc([C@@H]2CCCN2c2ccc(C(F)(F)F)cc2)cc1)C(C)C. The van der Waals surface area contributed by atoms with Crippen LogP contribution >= 0.6 is 0 Å². The number of ether oxygens (including phenoxy) is 1. The zero-order valence-corrected chi connectivity index (χ0v) is 22.8. The molecule has 2 N–H and O–H groups in total. The van der Waals surface area contributed by atoms with E-state index in [1.54, 1.807) is 12.1 Å². The maximum Gasteiger partial charge on any atom is 0.416 e. The number of hydrogen-bond donors (Lipinski definition) is 2. The molecule has 2 aliphatic rings. The summed E-state index contributed by atoms with van der Waals surface area (Å²) < 4.78 is 43.6. The zero-order valence-electron chi connectivity index (χ0n) is 22.8. The van der Waals surface area contributed by atoms with Gasteiger partial charge in [0.2, 0.25) is 11.8 Å². The molecule has 2 fully saturated rings. The molecule has 2 aromatic carbocycles. The highest BCUT2D eigenvalue weighted by Crippen LogP contribution is 2.38. The lowest BCUT2D eigenvalue weighted by Gasteiger charge is -2.30. The first-order chi connectivity index (χ1) is 19.0. The molecule has 0 bridgehead atoms. The number of nitrogens with one attached hydrogen (secondary N) is 2. The van der Waals surface area contributed by atoms with Crippen molar-refractivity contribution in [3.8, 4) is 0 Å². The molecule has 0 aromatic heterocycles. The van der Waals surface area contributed by atoms with Gasteiger partial charge in [-0.05, 0) is 73.6 Å². The van der Waals surface area contributed by atoms with Gasteiger partial charge in [-0.25, -0.2) is 4.79 Å². The van der Waals surface area contributed by atoms with Gasteiger partial charge in [0, 0.05) is 24.5 Å². The fraction of sp³-hybridized carbons (Fsp3) is 0.483. The van der Waals surface area contributed by atoms with Gasteiger partial charge in [0.1, 0.15) is 12.1 Å². The van der Waals surface area contributed by atoms with Gasteiger partial charge in [-0.15, -0.1) is 0 Å². The fourth-order valence-electron chi connectivity index (χ4n) is 5.46. The minimum absolute atomic E-state index is 0.0136. The molecule has 8 nitrogen and oxygen atoms in total. The van der Waals surface area contributed by atoms with Crippen LogP contribution in [0.4, 0.5) is 29.3 Å². The number of methoxy groups -OCH3 is 1. The Labute approximate surface area is 231 Å². The number of carbonyl (C=O) groups excluding carboxylic acids is 3. The summed E-state index contributed by atoms with van der Waals surface area (Å²) in [6, 6.07) is 11.2. The second-order valence-corrected chi connectivity index (χ2v) is 10.6. The van der Waals surface area contributed by atoms with Gasteiger partial charge < -0.3 is 25.2 Å². The summed E-state index contributed by atoms with van der Waals surface area (Å²) in [4.78, 5) is 41.8. The number of likely N-dealkylation sites (tertiary alicyclic amines) is 1. The lowest BCUT2D eigenvalue weighted by atomic mass is 10.0. The molecule has 216 valence electrons. The molecule has 40 heavy (non-hydrogen) atoms. The van der Waals surface area contributed by atoms with E-state index >= 15 is 0 Å². The van der Waals surface area contributed by atoms with Gasteiger partial charge in [0.15, 0.2) is 0 Å². The smallest absolute Gasteiger partial charge is 0.416 e. The number of amides is 3. The van der Waals surface area contributed by atoms with Crippen LogP contribution in [0, 0.1) is 5.92 Å². The van der Waals surface area contributed by atoms with E-state index in [-0.39, 0.29) is 23.8 Å². The number of carbonyl (C=O) groups is 3. The van der Waals surface area contributed by atoms with Crippen LogP contribution in [0.2, 0.25) is 0 Å². The van der Waals surface area contributed by atoms with Gasteiger partial charge in [0.25, 0.3) is 0 Å². The summed E-state index contributed by atoms with van der Waals surface area (Å²) >= 11 is 0. The number of alkyl halides is 3. The Morgan fingerprint density at radius 3 is 2.20 bits per heavy atom. The molecule has 0 unspecified atom stereocenters. The third-order valence-corrected chi connectivity index (χ3v) is 7.57. The van der Waals surface area contributed by atoms with Crippen molar-refractivity contribution < 1.29 is 32.3 Å². The first kappa shape index (κ1) is 29.2. The van der Waals surface area contributed by atoms with Gasteiger partial charge in [-0.1, -0.05) is 26.0 Å². The standard InChI is InChI=1S/C29H35F3N4O4/c1-18(2)25(34-28(39)40-3)27(38)36-17-5-7-24(36)26(37)33-21-12-8-19(9-13-21)23-6-4-16-35(23)22-14-10-20(11-15-22)29(30,31)32/h8-15,18,23-25H,4-7,16-17H2,1-3H3,(H,33,37)(H,34,39)/t23-,24-,25-/m0/s1. The molecular weight excluding hydrogens is 525 g/mol. The third kappa shape index (κ3) is 6.51. The first-order valence-electron chi connectivity index (χ1n) is 13.5. The van der Waals surface area contributed by atoms with Crippen molar-refractivity contribution in [2.24, 2.45) is 5.92 Å². The van der Waals surface area contributed by atoms with E-state index < -0.39 is 29.9 Å². The molecular formula is C29H35F3N4O4. The van der Waals surface area contributed by atoms with Crippen LogP contribution < -0.4 is 15.5 Å². The van der Waals surface area contributed by atoms with Crippen molar-refractivity contribution in [1.29, 1.82) is 0 Å². The van der Waals surface area contributed by atoms with E-state index in [0.717, 1.165) is 42.8 Å². The third-order valence-electron chi connectivity index (χ3n) is 7.57. The minimum Gasteiger partial charge on any atom is -0.453 e. The van der Waals surface area contributed by atoms with Gasteiger partial charge in [-0.3, -0.25) is 9.59 Å². The van der Waals surface area contributed by atoms with E-state index in [2.05, 4.69) is 20.3 Å². The Morgan fingerprint density at radius 2 is 1.60 bits per heavy atom. The predicted molar refractivity (Wildman–Crippen MR) is 145 cm³/mol. The summed E-state index contributed by atoms with van der Waals surface area (Å²) in [7, 11) is 1.23. The summed E-state index contributed by atoms with van der Waals surface area (Å²) in [6.45, 7) is 4.79. The van der Waals surface area contributed by atoms with Crippen LogP contribution in [0.3, 0.4) is 0 Å². The molecule has 11 heteroatoms. The van der Waals surface area contributed by atoms with Crippen LogP contribution in [-0.4, -0.2) is 55.1 Å². The number of alkyl carbamates (subject to hydrolysis) is 1. The zero-order chi connectivity index (χ0) is 29.0. The normalized spacial score (nSPS) is 20.0. The van der Waals surface area contributed by atoms with Crippen molar-refractivity contribution in [3.63, 3.8) is 0 Å². The molecule has 0 spiro atoms. The Morgan fingerprint density at radius 1 is 0.950 bits per heavy atom. The van der Waals surface area contributed by atoms with Crippen LogP contribution in [0.15, 0.2) is 48.5 Å². The van der Waals surface area contributed by atoms with E-state index in [9.17, 15) is 27.6 Å². The van der Waals surface area contributed by atoms with Crippen molar-refractivity contribution in [3.05, 3.63) is 59.7 Å². The molecule has 2 heterocycles. The molecule has 2 saturated heterocycles. The lowest BCUT2D eigenvalue weighted by molar-refractivity contribution is -0.139. The highest BCUT2D eigenvalue weighted by Gasteiger charge is 2.39. The molecule has 0 aliphatic carbocycles. The van der Waals surface area contributed by atoms with Gasteiger partial charge >= 0.3 is 12.3 Å².